The molecule has 140 valence electrons. The molecule has 2 rings (SSSR count). The summed E-state index contributed by atoms with van der Waals surface area (Å²) in [7, 11) is -1.88. The molecule has 0 aliphatic carbocycles. The molecule has 1 heterocycles. The topological polar surface area (TPSA) is 95.5 Å². The van der Waals surface area contributed by atoms with Gasteiger partial charge in [-0.05, 0) is 36.2 Å². The summed E-state index contributed by atoms with van der Waals surface area (Å²) in [4.78, 5) is 8.07. The number of hydrogen-bond acceptors (Lipinski definition) is 4. The fourth-order valence-electron chi connectivity index (χ4n) is 2.15. The number of nitrogens with one attached hydrogen (secondary N) is 3. The predicted molar refractivity (Wildman–Crippen MR) is 104 cm³/mol. The highest BCUT2D eigenvalue weighted by atomic mass is 35.5. The molecule has 9 heteroatoms. The van der Waals surface area contributed by atoms with Crippen molar-refractivity contribution in [2.24, 2.45) is 4.99 Å². The molecular weight excluding hydrogens is 374 g/mol. The summed E-state index contributed by atoms with van der Waals surface area (Å²) >= 11 is 5.86. The quantitative estimate of drug-likeness (QED) is 0.357. The summed E-state index contributed by atoms with van der Waals surface area (Å²) in [5.74, 6) is 0.611. The van der Waals surface area contributed by atoms with Gasteiger partial charge in [-0.15, -0.1) is 0 Å². The highest BCUT2D eigenvalue weighted by Crippen LogP contribution is 2.09. The lowest BCUT2D eigenvalue weighted by molar-refractivity contribution is 0.580. The minimum absolute atomic E-state index is 0.144. The number of halogens is 1. The van der Waals surface area contributed by atoms with Gasteiger partial charge in [0.2, 0.25) is 10.0 Å². The van der Waals surface area contributed by atoms with Crippen molar-refractivity contribution >= 4 is 27.6 Å². The van der Waals surface area contributed by atoms with Crippen molar-refractivity contribution in [2.45, 2.75) is 11.3 Å². The van der Waals surface area contributed by atoms with Gasteiger partial charge in [0.25, 0.3) is 0 Å². The minimum atomic E-state index is -3.55. The van der Waals surface area contributed by atoms with Gasteiger partial charge < -0.3 is 10.6 Å². The van der Waals surface area contributed by atoms with E-state index in [1.54, 1.807) is 13.1 Å². The van der Waals surface area contributed by atoms with Crippen LogP contribution in [-0.2, 0) is 16.4 Å². The normalized spacial score (nSPS) is 12.0. The summed E-state index contributed by atoms with van der Waals surface area (Å²) in [6.07, 6.45) is 3.67. The Kier molecular flexibility index (Phi) is 7.83. The Morgan fingerprint density at radius 3 is 2.50 bits per heavy atom. The van der Waals surface area contributed by atoms with Gasteiger partial charge >= 0.3 is 0 Å². The molecule has 1 aromatic carbocycles. The molecule has 0 bridgehead atoms. The highest BCUT2D eigenvalue weighted by molar-refractivity contribution is 7.89. The first-order valence-electron chi connectivity index (χ1n) is 8.10. The summed E-state index contributed by atoms with van der Waals surface area (Å²) in [6.45, 7) is 1.33. The number of aliphatic imine (C=N–C) groups is 1. The SMILES string of the molecule is CN=C(NCCNS(=O)(=O)c1cccnc1)NCCc1ccc(Cl)cc1. The number of guanidine groups is 1. The van der Waals surface area contributed by atoms with Gasteiger partial charge in [-0.25, -0.2) is 13.1 Å². The van der Waals surface area contributed by atoms with Gasteiger partial charge in [0.15, 0.2) is 5.96 Å². The third kappa shape index (κ3) is 6.62. The lowest BCUT2D eigenvalue weighted by atomic mass is 10.1. The molecule has 0 aliphatic heterocycles. The van der Waals surface area contributed by atoms with E-state index in [9.17, 15) is 8.42 Å². The van der Waals surface area contributed by atoms with Crippen LogP contribution in [0.4, 0.5) is 0 Å². The first kappa shape index (κ1) is 20.2. The van der Waals surface area contributed by atoms with Crippen molar-refractivity contribution < 1.29 is 8.42 Å². The molecule has 0 atom stereocenters. The number of nitrogens with zero attached hydrogens (tertiary/aromatic N) is 2. The Morgan fingerprint density at radius 2 is 1.85 bits per heavy atom. The molecule has 0 radical (unpaired) electrons. The highest BCUT2D eigenvalue weighted by Gasteiger charge is 2.12. The zero-order valence-corrected chi connectivity index (χ0v) is 16.0. The van der Waals surface area contributed by atoms with Gasteiger partial charge in [0, 0.05) is 44.1 Å². The van der Waals surface area contributed by atoms with Crippen molar-refractivity contribution in [1.29, 1.82) is 0 Å². The van der Waals surface area contributed by atoms with E-state index in [0.717, 1.165) is 6.42 Å². The van der Waals surface area contributed by atoms with Crippen LogP contribution in [0.1, 0.15) is 5.56 Å². The largest absolute Gasteiger partial charge is 0.356 e. The summed E-state index contributed by atoms with van der Waals surface area (Å²) in [5, 5.41) is 6.96. The van der Waals surface area contributed by atoms with E-state index < -0.39 is 10.0 Å². The van der Waals surface area contributed by atoms with Crippen molar-refractivity contribution in [3.8, 4) is 0 Å². The molecular formula is C17H22ClN5O2S. The first-order valence-corrected chi connectivity index (χ1v) is 9.96. The second-order valence-corrected chi connectivity index (χ2v) is 7.59. The molecule has 0 unspecified atom stereocenters. The zero-order valence-electron chi connectivity index (χ0n) is 14.4. The summed E-state index contributed by atoms with van der Waals surface area (Å²) in [6, 6.07) is 10.8. The molecule has 0 spiro atoms. The average Bonchev–Trinajstić information content (AvgIpc) is 2.66. The van der Waals surface area contributed by atoms with Crippen LogP contribution in [0.2, 0.25) is 5.02 Å². The Bertz CT molecular complexity index is 811. The molecule has 0 saturated heterocycles. The van der Waals surface area contributed by atoms with Gasteiger partial charge in [0.1, 0.15) is 4.90 Å². The maximum absolute atomic E-state index is 12.1. The number of rotatable bonds is 8. The fraction of sp³-hybridized carbons (Fsp3) is 0.294. The van der Waals surface area contributed by atoms with Crippen LogP contribution >= 0.6 is 11.6 Å². The van der Waals surface area contributed by atoms with Crippen LogP contribution < -0.4 is 15.4 Å². The van der Waals surface area contributed by atoms with Gasteiger partial charge in [-0.1, -0.05) is 23.7 Å². The lowest BCUT2D eigenvalue weighted by Gasteiger charge is -2.12. The number of sulfonamides is 1. The second-order valence-electron chi connectivity index (χ2n) is 5.39. The third-order valence-corrected chi connectivity index (χ3v) is 5.20. The predicted octanol–water partition coefficient (Wildman–Crippen LogP) is 1.42. The molecule has 0 amide bonds. The maximum Gasteiger partial charge on any atom is 0.242 e. The van der Waals surface area contributed by atoms with E-state index in [1.165, 1.54) is 24.0 Å². The van der Waals surface area contributed by atoms with Gasteiger partial charge in [-0.3, -0.25) is 9.98 Å². The van der Waals surface area contributed by atoms with Crippen LogP contribution in [-0.4, -0.2) is 46.0 Å². The first-order chi connectivity index (χ1) is 12.5. The fourth-order valence-corrected chi connectivity index (χ4v) is 3.27. The van der Waals surface area contributed by atoms with Crippen LogP contribution in [0.25, 0.3) is 0 Å². The Labute approximate surface area is 159 Å². The van der Waals surface area contributed by atoms with E-state index >= 15 is 0 Å². The van der Waals surface area contributed by atoms with E-state index in [-0.39, 0.29) is 11.4 Å². The third-order valence-electron chi connectivity index (χ3n) is 3.50. The van der Waals surface area contributed by atoms with Crippen molar-refractivity contribution in [3.05, 3.63) is 59.4 Å². The van der Waals surface area contributed by atoms with Crippen LogP contribution in [0, 0.1) is 0 Å². The Hall–Kier alpha value is -2.16. The second kappa shape index (κ2) is 10.1. The van der Waals surface area contributed by atoms with E-state index in [2.05, 4.69) is 25.3 Å². The Morgan fingerprint density at radius 1 is 1.12 bits per heavy atom. The maximum atomic E-state index is 12.1. The number of aromatic nitrogens is 1. The molecule has 26 heavy (non-hydrogen) atoms. The average molecular weight is 396 g/mol. The molecule has 0 saturated carbocycles. The van der Waals surface area contributed by atoms with Crippen molar-refractivity contribution in [2.75, 3.05) is 26.7 Å². The van der Waals surface area contributed by atoms with Crippen LogP contribution in [0.5, 0.6) is 0 Å². The smallest absolute Gasteiger partial charge is 0.242 e. The number of benzene rings is 1. The van der Waals surface area contributed by atoms with E-state index in [0.29, 0.717) is 24.1 Å². The van der Waals surface area contributed by atoms with Crippen molar-refractivity contribution in [1.82, 2.24) is 20.3 Å². The Balaban J connectivity index is 1.69. The van der Waals surface area contributed by atoms with Gasteiger partial charge in [-0.2, -0.15) is 0 Å². The molecule has 7 nitrogen and oxygen atoms in total. The van der Waals surface area contributed by atoms with E-state index in [1.807, 2.05) is 24.3 Å². The molecule has 0 aliphatic rings. The lowest BCUT2D eigenvalue weighted by Crippen LogP contribution is -2.42. The number of pyridine rings is 1. The summed E-state index contributed by atoms with van der Waals surface area (Å²) in [5.41, 5.74) is 1.17. The molecule has 2 aromatic rings. The van der Waals surface area contributed by atoms with Crippen LogP contribution in [0.15, 0.2) is 58.7 Å². The van der Waals surface area contributed by atoms with Gasteiger partial charge in [0.05, 0.1) is 0 Å². The van der Waals surface area contributed by atoms with E-state index in [4.69, 9.17) is 11.6 Å². The molecule has 0 fully saturated rings. The zero-order chi connectivity index (χ0) is 18.8. The monoisotopic (exact) mass is 395 g/mol. The molecule has 3 N–H and O–H groups in total. The van der Waals surface area contributed by atoms with Crippen molar-refractivity contribution in [3.63, 3.8) is 0 Å². The number of hydrogen-bond donors (Lipinski definition) is 3. The van der Waals surface area contributed by atoms with Crippen LogP contribution in [0.3, 0.4) is 0 Å². The minimum Gasteiger partial charge on any atom is -0.356 e. The molecule has 1 aromatic heterocycles. The standard InChI is InChI=1S/C17H22ClN5O2S/c1-19-17(21-10-8-14-4-6-15(18)7-5-14)22-11-12-23-26(24,25)16-3-2-9-20-13-16/h2-7,9,13,23H,8,10-12H2,1H3,(H2,19,21,22). The summed E-state index contributed by atoms with van der Waals surface area (Å²) < 4.78 is 26.6.